The van der Waals surface area contributed by atoms with E-state index in [0.29, 0.717) is 19.0 Å². The lowest BCUT2D eigenvalue weighted by atomic mass is 9.99. The van der Waals surface area contributed by atoms with Crippen LogP contribution in [0.4, 0.5) is 0 Å². The molecule has 1 fully saturated rings. The Labute approximate surface area is 132 Å². The summed E-state index contributed by atoms with van der Waals surface area (Å²) in [5.41, 5.74) is 0.771. The van der Waals surface area contributed by atoms with Crippen LogP contribution < -0.4 is 0 Å². The van der Waals surface area contributed by atoms with Crippen molar-refractivity contribution in [3.8, 4) is 0 Å². The van der Waals surface area contributed by atoms with Crippen LogP contribution in [0.15, 0.2) is 24.5 Å². The van der Waals surface area contributed by atoms with E-state index in [-0.39, 0.29) is 19.0 Å². The molecular weight excluding hydrogens is 302 g/mol. The van der Waals surface area contributed by atoms with E-state index in [4.69, 9.17) is 0 Å². The van der Waals surface area contributed by atoms with Crippen molar-refractivity contribution in [1.29, 1.82) is 0 Å². The van der Waals surface area contributed by atoms with Crippen LogP contribution in [0.25, 0.3) is 0 Å². The molecule has 0 aliphatic carbocycles. The minimum atomic E-state index is -3.45. The maximum Gasteiger partial charge on any atom is 0.237 e. The zero-order chi connectivity index (χ0) is 16.2. The molecule has 6 nitrogen and oxygen atoms in total. The Morgan fingerprint density at radius 3 is 2.64 bits per heavy atom. The summed E-state index contributed by atoms with van der Waals surface area (Å²) in [6.07, 6.45) is 6.34. The first-order valence-corrected chi connectivity index (χ1v) is 9.33. The van der Waals surface area contributed by atoms with Crippen LogP contribution in [0.1, 0.15) is 25.3 Å². The molecule has 0 saturated carbocycles. The van der Waals surface area contributed by atoms with Crippen LogP contribution in [0, 0.1) is 5.92 Å². The molecular formula is C15H23N3O3S. The molecule has 0 atom stereocenters. The lowest BCUT2D eigenvalue weighted by Gasteiger charge is -2.32. The summed E-state index contributed by atoms with van der Waals surface area (Å²) in [7, 11) is -3.45. The van der Waals surface area contributed by atoms with E-state index in [1.807, 2.05) is 0 Å². The SMILES string of the molecule is CC1CCN(C(=O)CN(Cc2cccnc2)S(C)(=O)=O)CC1. The van der Waals surface area contributed by atoms with E-state index in [0.717, 1.165) is 24.7 Å². The molecule has 0 N–H and O–H groups in total. The number of aromatic nitrogens is 1. The Morgan fingerprint density at radius 2 is 2.09 bits per heavy atom. The van der Waals surface area contributed by atoms with E-state index in [9.17, 15) is 13.2 Å². The number of hydrogen-bond donors (Lipinski definition) is 0. The molecule has 1 aliphatic heterocycles. The van der Waals surface area contributed by atoms with Gasteiger partial charge in [0.25, 0.3) is 0 Å². The van der Waals surface area contributed by atoms with Crippen molar-refractivity contribution in [1.82, 2.24) is 14.2 Å². The van der Waals surface area contributed by atoms with Gasteiger partial charge in [0.2, 0.25) is 15.9 Å². The van der Waals surface area contributed by atoms with E-state index in [1.165, 1.54) is 4.31 Å². The van der Waals surface area contributed by atoms with Crippen LogP contribution in [0.2, 0.25) is 0 Å². The highest BCUT2D eigenvalue weighted by atomic mass is 32.2. The van der Waals surface area contributed by atoms with Gasteiger partial charge in [-0.2, -0.15) is 4.31 Å². The highest BCUT2D eigenvalue weighted by molar-refractivity contribution is 7.88. The summed E-state index contributed by atoms with van der Waals surface area (Å²) in [4.78, 5) is 18.1. The number of pyridine rings is 1. The first-order valence-electron chi connectivity index (χ1n) is 7.48. The van der Waals surface area contributed by atoms with Crippen molar-refractivity contribution in [2.75, 3.05) is 25.9 Å². The molecule has 122 valence electrons. The highest BCUT2D eigenvalue weighted by Gasteiger charge is 2.26. The van der Waals surface area contributed by atoms with E-state index >= 15 is 0 Å². The standard InChI is InChI=1S/C15H23N3O3S/c1-13-5-8-17(9-6-13)15(19)12-18(22(2,20)21)11-14-4-3-7-16-10-14/h3-4,7,10,13H,5-6,8-9,11-12H2,1-2H3. The van der Waals surface area contributed by atoms with Gasteiger partial charge < -0.3 is 4.90 Å². The second-order valence-corrected chi connectivity index (χ2v) is 7.94. The maximum atomic E-state index is 12.4. The summed E-state index contributed by atoms with van der Waals surface area (Å²) in [6.45, 7) is 3.66. The van der Waals surface area contributed by atoms with Gasteiger partial charge in [-0.3, -0.25) is 9.78 Å². The number of piperidine rings is 1. The lowest BCUT2D eigenvalue weighted by molar-refractivity contribution is -0.132. The molecule has 0 aromatic carbocycles. The Morgan fingerprint density at radius 1 is 1.41 bits per heavy atom. The first kappa shape index (κ1) is 16.9. The molecule has 2 heterocycles. The van der Waals surface area contributed by atoms with Gasteiger partial charge in [-0.1, -0.05) is 13.0 Å². The van der Waals surface area contributed by atoms with Gasteiger partial charge in [-0.05, 0) is 30.4 Å². The van der Waals surface area contributed by atoms with Gasteiger partial charge in [0.1, 0.15) is 0 Å². The predicted octanol–water partition coefficient (Wildman–Crippen LogP) is 1.10. The number of likely N-dealkylation sites (tertiary alicyclic amines) is 1. The second kappa shape index (κ2) is 7.19. The average molecular weight is 325 g/mol. The molecule has 1 amide bonds. The minimum Gasteiger partial charge on any atom is -0.342 e. The lowest BCUT2D eigenvalue weighted by Crippen LogP contribution is -2.45. The summed E-state index contributed by atoms with van der Waals surface area (Å²) in [5, 5.41) is 0. The summed E-state index contributed by atoms with van der Waals surface area (Å²) < 4.78 is 25.1. The molecule has 1 aliphatic rings. The molecule has 0 radical (unpaired) electrons. The monoisotopic (exact) mass is 325 g/mol. The molecule has 0 unspecified atom stereocenters. The first-order chi connectivity index (χ1) is 10.4. The fourth-order valence-corrected chi connectivity index (χ4v) is 3.22. The molecule has 1 aromatic heterocycles. The predicted molar refractivity (Wildman–Crippen MR) is 84.5 cm³/mol. The number of rotatable bonds is 5. The molecule has 0 bridgehead atoms. The molecule has 2 rings (SSSR count). The van der Waals surface area contributed by atoms with Crippen molar-refractivity contribution in [2.45, 2.75) is 26.3 Å². The number of sulfonamides is 1. The molecule has 7 heteroatoms. The van der Waals surface area contributed by atoms with Gasteiger partial charge in [-0.25, -0.2) is 8.42 Å². The van der Waals surface area contributed by atoms with Gasteiger partial charge in [-0.15, -0.1) is 0 Å². The third-order valence-electron chi connectivity index (χ3n) is 4.00. The van der Waals surface area contributed by atoms with E-state index in [2.05, 4.69) is 11.9 Å². The van der Waals surface area contributed by atoms with Crippen LogP contribution in [-0.2, 0) is 21.4 Å². The zero-order valence-electron chi connectivity index (χ0n) is 13.1. The van der Waals surface area contributed by atoms with Crippen molar-refractivity contribution in [3.63, 3.8) is 0 Å². The molecule has 22 heavy (non-hydrogen) atoms. The van der Waals surface area contributed by atoms with Crippen molar-refractivity contribution in [3.05, 3.63) is 30.1 Å². The number of amides is 1. The Bertz CT molecular complexity index is 596. The van der Waals surface area contributed by atoms with Crippen LogP contribution in [0.3, 0.4) is 0 Å². The Hall–Kier alpha value is -1.47. The van der Waals surface area contributed by atoms with Crippen LogP contribution >= 0.6 is 0 Å². The number of carbonyl (C=O) groups excluding carboxylic acids is 1. The van der Waals surface area contributed by atoms with E-state index < -0.39 is 10.0 Å². The van der Waals surface area contributed by atoms with Crippen LogP contribution in [-0.4, -0.2) is 54.4 Å². The second-order valence-electron chi connectivity index (χ2n) is 5.96. The van der Waals surface area contributed by atoms with Gasteiger partial charge in [0.05, 0.1) is 12.8 Å². The largest absolute Gasteiger partial charge is 0.342 e. The van der Waals surface area contributed by atoms with Gasteiger partial charge >= 0.3 is 0 Å². The quantitative estimate of drug-likeness (QED) is 0.813. The molecule has 1 aromatic rings. The number of nitrogens with zero attached hydrogens (tertiary/aromatic N) is 3. The van der Waals surface area contributed by atoms with Gasteiger partial charge in [0, 0.05) is 32.0 Å². The fourth-order valence-electron chi connectivity index (χ4n) is 2.49. The maximum absolute atomic E-state index is 12.4. The fraction of sp³-hybridized carbons (Fsp3) is 0.600. The average Bonchev–Trinajstić information content (AvgIpc) is 2.47. The number of carbonyl (C=O) groups is 1. The van der Waals surface area contributed by atoms with Crippen molar-refractivity contribution >= 4 is 15.9 Å². The van der Waals surface area contributed by atoms with Gasteiger partial charge in [0.15, 0.2) is 0 Å². The third-order valence-corrected chi connectivity index (χ3v) is 5.19. The molecule has 0 spiro atoms. The summed E-state index contributed by atoms with van der Waals surface area (Å²) in [6, 6.07) is 3.56. The zero-order valence-corrected chi connectivity index (χ0v) is 13.9. The van der Waals surface area contributed by atoms with Crippen LogP contribution in [0.5, 0.6) is 0 Å². The minimum absolute atomic E-state index is 0.109. The van der Waals surface area contributed by atoms with E-state index in [1.54, 1.807) is 29.4 Å². The number of hydrogen-bond acceptors (Lipinski definition) is 4. The summed E-state index contributed by atoms with van der Waals surface area (Å²) >= 11 is 0. The Kier molecular flexibility index (Phi) is 5.52. The normalized spacial score (nSPS) is 17.0. The Balaban J connectivity index is 2.02. The smallest absolute Gasteiger partial charge is 0.237 e. The van der Waals surface area contributed by atoms with Crippen molar-refractivity contribution < 1.29 is 13.2 Å². The highest BCUT2D eigenvalue weighted by Crippen LogP contribution is 2.17. The third kappa shape index (κ3) is 4.78. The summed E-state index contributed by atoms with van der Waals surface area (Å²) in [5.74, 6) is 0.506. The van der Waals surface area contributed by atoms with Crippen molar-refractivity contribution in [2.24, 2.45) is 5.92 Å². The topological polar surface area (TPSA) is 70.6 Å². The molecule has 1 saturated heterocycles.